The summed E-state index contributed by atoms with van der Waals surface area (Å²) in [5, 5.41) is 20.4. The van der Waals surface area contributed by atoms with Crippen LogP contribution in [0.25, 0.3) is 11.2 Å². The molecule has 3 aromatic heterocycles. The summed E-state index contributed by atoms with van der Waals surface area (Å²) < 4.78 is 27.7. The third-order valence-electron chi connectivity index (χ3n) is 7.84. The maximum atomic E-state index is 14.2. The van der Waals surface area contributed by atoms with Crippen molar-refractivity contribution in [1.82, 2.24) is 24.4 Å². The Kier molecular flexibility index (Phi) is 10.1. The van der Waals surface area contributed by atoms with Gasteiger partial charge in [-0.15, -0.1) is 0 Å². The zero-order chi connectivity index (χ0) is 29.2. The largest absolute Gasteiger partial charge is 1.00 e. The third-order valence-corrected chi connectivity index (χ3v) is 7.84. The summed E-state index contributed by atoms with van der Waals surface area (Å²) in [5.74, 6) is 0.176. The second kappa shape index (κ2) is 13.8. The van der Waals surface area contributed by atoms with Crippen LogP contribution in [0.2, 0.25) is 0 Å². The molecule has 0 radical (unpaired) electrons. The molecule has 2 aliphatic heterocycles. The van der Waals surface area contributed by atoms with Crippen molar-refractivity contribution in [1.29, 1.82) is 5.26 Å². The average Bonchev–Trinajstić information content (AvgIpc) is 3.35. The van der Waals surface area contributed by atoms with Crippen LogP contribution < -0.4 is 66.1 Å². The predicted octanol–water partition coefficient (Wildman–Crippen LogP) is -0.544. The number of hydrogen-bond acceptors (Lipinski definition) is 10. The van der Waals surface area contributed by atoms with Crippen molar-refractivity contribution >= 4 is 23.0 Å². The van der Waals surface area contributed by atoms with E-state index in [-0.39, 0.29) is 81.4 Å². The van der Waals surface area contributed by atoms with Gasteiger partial charge in [0.15, 0.2) is 5.65 Å². The number of anilines is 1. The molecule has 2 atom stereocenters. The van der Waals surface area contributed by atoms with E-state index in [9.17, 15) is 14.3 Å². The molecule has 2 fully saturated rings. The number of carbonyl (C=O) groups excluding carboxylic acids is 1. The molecule has 0 amide bonds. The first kappa shape index (κ1) is 31.5. The SMILES string of the molecule is C[C@@H](c1nc2ccc(C(=O)[O-])nc2n1C[C@@H]1CCO1)N1CCN(c2cccc(OCc3ccc(C#N)cc3F)n2)CC1.[K+]. The number of aromatic nitrogens is 4. The normalized spacial score (nSPS) is 17.5. The summed E-state index contributed by atoms with van der Waals surface area (Å²) in [6.45, 7) is 6.34. The number of carboxylic acid groups (broad SMARTS) is 1. The summed E-state index contributed by atoms with van der Waals surface area (Å²) in [4.78, 5) is 29.8. The van der Waals surface area contributed by atoms with Crippen molar-refractivity contribution in [2.24, 2.45) is 0 Å². The number of imidazole rings is 1. The van der Waals surface area contributed by atoms with Gasteiger partial charge >= 0.3 is 51.4 Å². The Morgan fingerprint density at radius 3 is 2.63 bits per heavy atom. The molecule has 4 aromatic rings. The van der Waals surface area contributed by atoms with Crippen LogP contribution in [0.3, 0.4) is 0 Å². The van der Waals surface area contributed by atoms with Gasteiger partial charge in [0.1, 0.15) is 29.6 Å². The minimum absolute atomic E-state index is 0. The molecule has 0 bridgehead atoms. The van der Waals surface area contributed by atoms with E-state index in [2.05, 4.69) is 26.7 Å². The fourth-order valence-electron chi connectivity index (χ4n) is 5.31. The van der Waals surface area contributed by atoms with E-state index in [1.165, 1.54) is 12.1 Å². The number of rotatable bonds is 9. The van der Waals surface area contributed by atoms with Crippen molar-refractivity contribution in [2.75, 3.05) is 37.7 Å². The quantitative estimate of drug-likeness (QED) is 0.228. The van der Waals surface area contributed by atoms with E-state index in [0.29, 0.717) is 35.8 Å². The molecule has 0 spiro atoms. The summed E-state index contributed by atoms with van der Waals surface area (Å²) in [5.41, 5.74) is 1.66. The minimum Gasteiger partial charge on any atom is -0.543 e. The number of aromatic carboxylic acids is 1. The first-order valence-electron chi connectivity index (χ1n) is 13.9. The van der Waals surface area contributed by atoms with Crippen LogP contribution in [-0.2, 0) is 17.9 Å². The number of benzene rings is 1. The van der Waals surface area contributed by atoms with Crippen molar-refractivity contribution in [3.05, 3.63) is 77.0 Å². The van der Waals surface area contributed by atoms with Gasteiger partial charge in [-0.2, -0.15) is 10.2 Å². The molecule has 5 heterocycles. The number of carbonyl (C=O) groups is 1. The zero-order valence-electron chi connectivity index (χ0n) is 24.1. The number of ether oxygens (including phenoxy) is 2. The second-order valence-electron chi connectivity index (χ2n) is 10.4. The Morgan fingerprint density at radius 2 is 1.95 bits per heavy atom. The zero-order valence-corrected chi connectivity index (χ0v) is 27.2. The number of piperazine rings is 1. The Hall–Kier alpha value is -2.96. The molecule has 0 aliphatic carbocycles. The van der Waals surface area contributed by atoms with Crippen LogP contribution in [0.4, 0.5) is 10.2 Å². The van der Waals surface area contributed by atoms with Crippen molar-refractivity contribution in [3.63, 3.8) is 0 Å². The summed E-state index contributed by atoms with van der Waals surface area (Å²) in [6.07, 6.45) is 0.984. The summed E-state index contributed by atoms with van der Waals surface area (Å²) in [7, 11) is 0. The number of hydrogen-bond donors (Lipinski definition) is 0. The van der Waals surface area contributed by atoms with Gasteiger partial charge in [0.25, 0.3) is 0 Å². The molecule has 6 rings (SSSR count). The molecule has 0 N–H and O–H groups in total. The molecule has 0 saturated carbocycles. The molecule has 43 heavy (non-hydrogen) atoms. The van der Waals surface area contributed by atoms with Crippen LogP contribution in [0.1, 0.15) is 46.8 Å². The Bertz CT molecular complexity index is 1660. The number of halogens is 1. The van der Waals surface area contributed by atoms with E-state index in [0.717, 1.165) is 44.2 Å². The minimum atomic E-state index is -1.32. The molecule has 0 unspecified atom stereocenters. The van der Waals surface area contributed by atoms with Crippen LogP contribution in [0.5, 0.6) is 5.88 Å². The van der Waals surface area contributed by atoms with Crippen molar-refractivity contribution in [3.8, 4) is 11.9 Å². The van der Waals surface area contributed by atoms with Gasteiger partial charge in [0.2, 0.25) is 5.88 Å². The first-order valence-corrected chi connectivity index (χ1v) is 13.9. The van der Waals surface area contributed by atoms with E-state index in [1.807, 2.05) is 22.8 Å². The fourth-order valence-corrected chi connectivity index (χ4v) is 5.31. The van der Waals surface area contributed by atoms with E-state index < -0.39 is 11.8 Å². The second-order valence-corrected chi connectivity index (χ2v) is 10.4. The van der Waals surface area contributed by atoms with E-state index >= 15 is 0 Å². The number of fused-ring (bicyclic) bond motifs is 1. The maximum Gasteiger partial charge on any atom is 1.00 e. The Balaban J connectivity index is 0.00000368. The molecular weight excluding hydrogens is 580 g/mol. The number of nitrogens with zero attached hydrogens (tertiary/aromatic N) is 7. The van der Waals surface area contributed by atoms with Crippen LogP contribution in [0, 0.1) is 17.1 Å². The molecule has 11 nitrogen and oxygen atoms in total. The summed E-state index contributed by atoms with van der Waals surface area (Å²) in [6, 6.07) is 14.8. The monoisotopic (exact) mass is 609 g/mol. The smallest absolute Gasteiger partial charge is 0.543 e. The van der Waals surface area contributed by atoms with E-state index in [4.69, 9.17) is 19.7 Å². The first-order chi connectivity index (χ1) is 20.4. The summed E-state index contributed by atoms with van der Waals surface area (Å²) >= 11 is 0. The molecule has 216 valence electrons. The van der Waals surface area contributed by atoms with Crippen molar-refractivity contribution in [2.45, 2.75) is 38.6 Å². The molecule has 13 heteroatoms. The fraction of sp³-hybridized carbons (Fsp3) is 0.367. The molecule has 2 aliphatic rings. The Morgan fingerprint density at radius 1 is 1.16 bits per heavy atom. The molecule has 2 saturated heterocycles. The van der Waals surface area contributed by atoms with Crippen LogP contribution in [0.15, 0.2) is 48.5 Å². The van der Waals surface area contributed by atoms with Gasteiger partial charge in [-0.1, -0.05) is 12.1 Å². The van der Waals surface area contributed by atoms with E-state index in [1.54, 1.807) is 24.3 Å². The molecule has 1 aromatic carbocycles. The number of carboxylic acids is 1. The van der Waals surface area contributed by atoms with Gasteiger partial charge in [-0.25, -0.2) is 14.4 Å². The van der Waals surface area contributed by atoms with Gasteiger partial charge in [-0.3, -0.25) is 4.90 Å². The standard InChI is InChI=1S/C30H30FN7O4.K/c1-19(28-33-24-7-8-25(30(39)40)34-29(24)38(28)17-22-9-14-41-22)36-10-12-37(13-11-36)26-3-2-4-27(35-26)42-18-21-6-5-20(16-32)15-23(21)31;/h2-8,15,19,22H,9-14,17-18H2,1H3,(H,39,40);/q;+1/p-1/t19-,22-;/m0./s1. The predicted molar refractivity (Wildman–Crippen MR) is 148 cm³/mol. The van der Waals surface area contributed by atoms with Gasteiger partial charge < -0.3 is 28.8 Å². The van der Waals surface area contributed by atoms with Crippen LogP contribution in [-0.4, -0.2) is 69.3 Å². The topological polar surface area (TPSA) is 132 Å². The van der Waals surface area contributed by atoms with Crippen molar-refractivity contribution < 1.29 is 75.1 Å². The average molecular weight is 610 g/mol. The molecular formula is C30H29FKN7O4. The van der Waals surface area contributed by atoms with Gasteiger partial charge in [0, 0.05) is 44.4 Å². The van der Waals surface area contributed by atoms with Gasteiger partial charge in [-0.05, 0) is 43.7 Å². The number of nitriles is 1. The maximum absolute atomic E-state index is 14.2. The Labute approximate surface area is 290 Å². The van der Waals surface area contributed by atoms with Crippen LogP contribution >= 0.6 is 0 Å². The number of pyridine rings is 2. The third kappa shape index (κ3) is 6.91. The van der Waals surface area contributed by atoms with Gasteiger partial charge in [0.05, 0.1) is 42.0 Å².